The smallest absolute Gasteiger partial charge is 0.250 e. The van der Waals surface area contributed by atoms with Crippen LogP contribution in [0.2, 0.25) is 5.02 Å². The second kappa shape index (κ2) is 7.16. The Bertz CT molecular complexity index is 1120. The molecule has 0 aliphatic carbocycles. The number of hydrogen-bond acceptors (Lipinski definition) is 6. The first-order chi connectivity index (χ1) is 13.2. The van der Waals surface area contributed by atoms with Crippen LogP contribution in [0.3, 0.4) is 0 Å². The van der Waals surface area contributed by atoms with Gasteiger partial charge >= 0.3 is 0 Å². The Kier molecular flexibility index (Phi) is 5.10. The molecule has 0 bridgehead atoms. The third-order valence-corrected chi connectivity index (χ3v) is 9.09. The third kappa shape index (κ3) is 3.63. The van der Waals surface area contributed by atoms with Crippen molar-refractivity contribution in [1.29, 1.82) is 0 Å². The molecule has 0 N–H and O–H groups in total. The Morgan fingerprint density at radius 3 is 2.57 bits per heavy atom. The lowest BCUT2D eigenvalue weighted by Gasteiger charge is -2.31. The van der Waals surface area contributed by atoms with Gasteiger partial charge in [-0.05, 0) is 24.3 Å². The molecule has 0 saturated carbocycles. The van der Waals surface area contributed by atoms with Gasteiger partial charge in [-0.3, -0.25) is 0 Å². The van der Waals surface area contributed by atoms with E-state index in [2.05, 4.69) is 15.1 Å². The first kappa shape index (κ1) is 19.9. The van der Waals surface area contributed by atoms with Gasteiger partial charge in [0.05, 0.1) is 34.7 Å². The molecule has 0 unspecified atom stereocenters. The van der Waals surface area contributed by atoms with Crippen molar-refractivity contribution in [3.8, 4) is 0 Å². The highest BCUT2D eigenvalue weighted by atomic mass is 35.5. The number of sulfonamides is 1. The molecule has 7 nitrogen and oxygen atoms in total. The zero-order chi connectivity index (χ0) is 20.1. The average molecular weight is 433 g/mol. The summed E-state index contributed by atoms with van der Waals surface area (Å²) in [6.07, 6.45) is 6.31. The molecule has 28 heavy (non-hydrogen) atoms. The molecule has 1 saturated heterocycles. The van der Waals surface area contributed by atoms with Crippen molar-refractivity contribution in [3.05, 3.63) is 40.4 Å². The fourth-order valence-electron chi connectivity index (χ4n) is 3.41. The number of halogens is 1. The van der Waals surface area contributed by atoms with E-state index in [9.17, 15) is 8.42 Å². The largest absolute Gasteiger partial charge is 0.254 e. The van der Waals surface area contributed by atoms with Crippen molar-refractivity contribution < 1.29 is 8.42 Å². The van der Waals surface area contributed by atoms with Gasteiger partial charge in [0.15, 0.2) is 9.86 Å². The number of pyridine rings is 1. The van der Waals surface area contributed by atoms with Gasteiger partial charge in [-0.1, -0.05) is 16.7 Å². The summed E-state index contributed by atoms with van der Waals surface area (Å²) in [6, 6.07) is 1.80. The molecule has 0 aromatic carbocycles. The minimum Gasteiger partial charge on any atom is -0.250 e. The zero-order valence-electron chi connectivity index (χ0n) is 16.0. The van der Waals surface area contributed by atoms with Gasteiger partial charge in [0, 0.05) is 30.4 Å². The van der Waals surface area contributed by atoms with Crippen molar-refractivity contribution in [2.75, 3.05) is 13.1 Å². The highest BCUT2D eigenvalue weighted by Gasteiger charge is 2.33. The molecule has 13 heteroatoms. The number of aromatic nitrogens is 4. The van der Waals surface area contributed by atoms with Crippen LogP contribution >= 0.6 is 22.9 Å². The van der Waals surface area contributed by atoms with E-state index in [-0.39, 0.29) is 11.0 Å². The summed E-state index contributed by atoms with van der Waals surface area (Å²) in [5, 5.41) is 5.48. The molecule has 4 heterocycles. The Morgan fingerprint density at radius 2 is 1.93 bits per heavy atom. The average Bonchev–Trinajstić information content (AvgIpc) is 3.30. The molecule has 0 amide bonds. The summed E-state index contributed by atoms with van der Waals surface area (Å²) in [6.45, 7) is 0.920. The molecule has 1 aliphatic rings. The highest BCUT2D eigenvalue weighted by molar-refractivity contribution is 7.91. The molecular weight excluding hydrogens is 414 g/mol. The van der Waals surface area contributed by atoms with Crippen LogP contribution in [0.4, 0.5) is 0 Å². The third-order valence-electron chi connectivity index (χ3n) is 5.01. The van der Waals surface area contributed by atoms with Crippen LogP contribution in [0.25, 0.3) is 5.65 Å². The lowest BCUT2D eigenvalue weighted by molar-refractivity contribution is 0.319. The van der Waals surface area contributed by atoms with Crippen LogP contribution in [-0.4, -0.2) is 68.9 Å². The van der Waals surface area contributed by atoms with Gasteiger partial charge in [-0.2, -0.15) is 9.40 Å². The molecule has 3 aromatic rings. The van der Waals surface area contributed by atoms with Crippen molar-refractivity contribution in [2.24, 2.45) is 0 Å². The summed E-state index contributed by atoms with van der Waals surface area (Å²) in [4.78, 5) is 8.46. The molecule has 3 aromatic heterocycles. The number of thiazole rings is 1. The van der Waals surface area contributed by atoms with E-state index in [1.54, 1.807) is 14.9 Å². The van der Waals surface area contributed by atoms with E-state index in [1.165, 1.54) is 23.9 Å². The van der Waals surface area contributed by atoms with E-state index < -0.39 is 10.0 Å². The number of piperidine rings is 1. The van der Waals surface area contributed by atoms with Gasteiger partial charge in [-0.15, -0.1) is 11.3 Å². The van der Waals surface area contributed by atoms with Crippen molar-refractivity contribution >= 4 is 62.1 Å². The van der Waals surface area contributed by atoms with Crippen molar-refractivity contribution in [1.82, 2.24) is 23.9 Å². The second-order valence-corrected chi connectivity index (χ2v) is 11.7. The molecule has 0 spiro atoms. The topological polar surface area (TPSA) is 80.5 Å². The maximum absolute atomic E-state index is 13.0. The standard InChI is InChI=1S/C15H19B3ClN5O2S2/c16-15(17,18)14-20-6-13(27-14)28(25,26)23-3-1-9(2-4-23)10-7-24-12(5-11(10)19)21-8-22-24/h5-9H,1-4,16-18H2. The number of rotatable bonds is 4. The molecule has 1 fully saturated rings. The lowest BCUT2D eigenvalue weighted by atomic mass is 9.43. The maximum atomic E-state index is 13.0. The molecule has 0 atom stereocenters. The first-order valence-electron chi connectivity index (χ1n) is 9.11. The Hall–Kier alpha value is -1.36. The molecular formula is C15H19B3ClN5O2S2. The lowest BCUT2D eigenvalue weighted by Crippen LogP contribution is -2.37. The highest BCUT2D eigenvalue weighted by Crippen LogP contribution is 2.35. The Labute approximate surface area is 175 Å². The summed E-state index contributed by atoms with van der Waals surface area (Å²) in [5.74, 6) is 0.194. The van der Waals surface area contributed by atoms with E-state index in [0.29, 0.717) is 40.8 Å². The van der Waals surface area contributed by atoms with E-state index in [0.717, 1.165) is 10.6 Å². The number of nitrogens with zero attached hydrogens (tertiary/aromatic N) is 5. The van der Waals surface area contributed by atoms with Gasteiger partial charge in [0.25, 0.3) is 10.0 Å². The van der Waals surface area contributed by atoms with Crippen molar-refractivity contribution in [3.63, 3.8) is 0 Å². The van der Waals surface area contributed by atoms with E-state index >= 15 is 0 Å². The SMILES string of the molecule is BC(B)(B)c1ncc(S(=O)(=O)N2CCC(c3cn4ncnc4cc3Cl)CC2)s1. The van der Waals surface area contributed by atoms with Crippen LogP contribution < -0.4 is 0 Å². The molecule has 0 radical (unpaired) electrons. The molecule has 1 aliphatic heterocycles. The van der Waals surface area contributed by atoms with Crippen LogP contribution in [0.1, 0.15) is 29.3 Å². The summed E-state index contributed by atoms with van der Waals surface area (Å²) >= 11 is 7.70. The predicted molar refractivity (Wildman–Crippen MR) is 118 cm³/mol. The molecule has 144 valence electrons. The van der Waals surface area contributed by atoms with Gasteiger partial charge in [0.1, 0.15) is 6.33 Å². The summed E-state index contributed by atoms with van der Waals surface area (Å²) < 4.78 is 29.6. The number of hydrogen-bond donors (Lipinski definition) is 0. The van der Waals surface area contributed by atoms with Gasteiger partial charge in [-0.25, -0.2) is 22.9 Å². The quantitative estimate of drug-likeness (QED) is 0.515. The minimum absolute atomic E-state index is 0.165. The van der Waals surface area contributed by atoms with Crippen LogP contribution in [0.5, 0.6) is 0 Å². The van der Waals surface area contributed by atoms with E-state index in [1.807, 2.05) is 29.7 Å². The Morgan fingerprint density at radius 1 is 1.21 bits per heavy atom. The van der Waals surface area contributed by atoms with Crippen LogP contribution in [-0.2, 0) is 15.1 Å². The fraction of sp³-hybridized carbons (Fsp3) is 0.400. The van der Waals surface area contributed by atoms with Gasteiger partial charge in [0.2, 0.25) is 0 Å². The van der Waals surface area contributed by atoms with Crippen LogP contribution in [0, 0.1) is 0 Å². The summed E-state index contributed by atoms with van der Waals surface area (Å²) in [7, 11) is 2.58. The first-order valence-corrected chi connectivity index (χ1v) is 11.7. The maximum Gasteiger partial charge on any atom is 0.254 e. The summed E-state index contributed by atoms with van der Waals surface area (Å²) in [5.41, 5.74) is 1.69. The van der Waals surface area contributed by atoms with Crippen molar-refractivity contribution in [2.45, 2.75) is 28.1 Å². The fourth-order valence-corrected chi connectivity index (χ4v) is 6.53. The Balaban J connectivity index is 1.51. The zero-order valence-corrected chi connectivity index (χ0v) is 18.4. The monoisotopic (exact) mass is 433 g/mol. The number of fused-ring (bicyclic) bond motifs is 1. The van der Waals surface area contributed by atoms with E-state index in [4.69, 9.17) is 11.6 Å². The van der Waals surface area contributed by atoms with Gasteiger partial charge < -0.3 is 0 Å². The second-order valence-electron chi connectivity index (χ2n) is 8.05. The van der Waals surface area contributed by atoms with Crippen LogP contribution in [0.15, 0.2) is 29.0 Å². The molecule has 4 rings (SSSR count). The predicted octanol–water partition coefficient (Wildman–Crippen LogP) is -0.583. The minimum atomic E-state index is -3.51. The normalized spacial score (nSPS) is 17.3.